The first-order chi connectivity index (χ1) is 6.27. The lowest BCUT2D eigenvalue weighted by molar-refractivity contribution is 0.129. The van der Waals surface area contributed by atoms with E-state index in [-0.39, 0.29) is 6.04 Å². The highest BCUT2D eigenvalue weighted by Gasteiger charge is 2.04. The minimum absolute atomic E-state index is 0.255. The number of nitrogens with two attached hydrogens (primary N) is 1. The molecule has 0 bridgehead atoms. The average molecular weight is 182 g/mol. The van der Waals surface area contributed by atoms with Gasteiger partial charge in [0.15, 0.2) is 0 Å². The molecule has 1 atom stereocenters. The van der Waals surface area contributed by atoms with Gasteiger partial charge >= 0.3 is 0 Å². The summed E-state index contributed by atoms with van der Waals surface area (Å²) in [5.74, 6) is 0. The van der Waals surface area contributed by atoms with E-state index in [0.717, 1.165) is 12.8 Å². The highest BCUT2D eigenvalue weighted by Crippen LogP contribution is 2.06. The molecule has 0 radical (unpaired) electrons. The third kappa shape index (κ3) is 2.86. The van der Waals surface area contributed by atoms with Gasteiger partial charge in [-0.3, -0.25) is 0 Å². The Balaban J connectivity index is 2.59. The van der Waals surface area contributed by atoms with Gasteiger partial charge < -0.3 is 15.0 Å². The van der Waals surface area contributed by atoms with Gasteiger partial charge in [0.25, 0.3) is 0 Å². The van der Waals surface area contributed by atoms with Crippen LogP contribution in [0.4, 0.5) is 0 Å². The van der Waals surface area contributed by atoms with Gasteiger partial charge in [-0.2, -0.15) is 0 Å². The second kappa shape index (κ2) is 5.04. The van der Waals surface area contributed by atoms with E-state index < -0.39 is 0 Å². The zero-order valence-electron chi connectivity index (χ0n) is 8.36. The van der Waals surface area contributed by atoms with Crippen molar-refractivity contribution in [2.24, 2.45) is 5.73 Å². The van der Waals surface area contributed by atoms with Crippen LogP contribution in [-0.2, 0) is 17.9 Å². The van der Waals surface area contributed by atoms with E-state index in [0.29, 0.717) is 6.73 Å². The van der Waals surface area contributed by atoms with E-state index in [4.69, 9.17) is 10.5 Å². The third-order valence-electron chi connectivity index (χ3n) is 2.19. The molecule has 0 aliphatic carbocycles. The Labute approximate surface area is 79.5 Å². The summed E-state index contributed by atoms with van der Waals surface area (Å²) in [4.78, 5) is 0. The summed E-state index contributed by atoms with van der Waals surface area (Å²) in [5.41, 5.74) is 7.12. The molecule has 3 heteroatoms. The van der Waals surface area contributed by atoms with E-state index in [1.54, 1.807) is 7.11 Å². The molecule has 0 aromatic carbocycles. The van der Waals surface area contributed by atoms with E-state index in [2.05, 4.69) is 17.6 Å². The standard InChI is InChI=1S/C10H18N2O/c1-3-9(11)7-10-5-4-6-12(10)8-13-2/h4-6,9H,3,7-8,11H2,1-2H3. The summed E-state index contributed by atoms with van der Waals surface area (Å²) in [7, 11) is 1.70. The van der Waals surface area contributed by atoms with Crippen LogP contribution in [-0.4, -0.2) is 17.7 Å². The fourth-order valence-corrected chi connectivity index (χ4v) is 1.31. The van der Waals surface area contributed by atoms with Gasteiger partial charge in [-0.1, -0.05) is 6.92 Å². The van der Waals surface area contributed by atoms with Gasteiger partial charge in [-0.15, -0.1) is 0 Å². The molecule has 1 rings (SSSR count). The topological polar surface area (TPSA) is 40.2 Å². The van der Waals surface area contributed by atoms with Crippen LogP contribution in [0.5, 0.6) is 0 Å². The van der Waals surface area contributed by atoms with Crippen molar-refractivity contribution < 1.29 is 4.74 Å². The van der Waals surface area contributed by atoms with Crippen LogP contribution < -0.4 is 5.73 Å². The van der Waals surface area contributed by atoms with Crippen molar-refractivity contribution in [1.82, 2.24) is 4.57 Å². The van der Waals surface area contributed by atoms with Gasteiger partial charge in [0, 0.05) is 31.5 Å². The van der Waals surface area contributed by atoms with Crippen molar-refractivity contribution in [2.75, 3.05) is 7.11 Å². The summed E-state index contributed by atoms with van der Waals surface area (Å²) in [5, 5.41) is 0. The first-order valence-electron chi connectivity index (χ1n) is 4.66. The monoisotopic (exact) mass is 182 g/mol. The molecular formula is C10H18N2O. The van der Waals surface area contributed by atoms with Gasteiger partial charge in [0.2, 0.25) is 0 Å². The van der Waals surface area contributed by atoms with E-state index in [9.17, 15) is 0 Å². The number of aromatic nitrogens is 1. The van der Waals surface area contributed by atoms with Crippen LogP contribution >= 0.6 is 0 Å². The fourth-order valence-electron chi connectivity index (χ4n) is 1.31. The maximum absolute atomic E-state index is 5.88. The summed E-state index contributed by atoms with van der Waals surface area (Å²) < 4.78 is 7.14. The molecule has 0 amide bonds. The lowest BCUT2D eigenvalue weighted by Gasteiger charge is -2.11. The zero-order valence-corrected chi connectivity index (χ0v) is 8.36. The average Bonchev–Trinajstić information content (AvgIpc) is 2.54. The zero-order chi connectivity index (χ0) is 9.68. The lowest BCUT2D eigenvalue weighted by atomic mass is 10.1. The third-order valence-corrected chi connectivity index (χ3v) is 2.19. The van der Waals surface area contributed by atoms with Crippen molar-refractivity contribution in [2.45, 2.75) is 32.5 Å². The molecule has 0 spiro atoms. The van der Waals surface area contributed by atoms with Crippen molar-refractivity contribution in [3.05, 3.63) is 24.0 Å². The molecule has 0 aliphatic rings. The van der Waals surface area contributed by atoms with Crippen LogP contribution in [0.1, 0.15) is 19.0 Å². The lowest BCUT2D eigenvalue weighted by Crippen LogP contribution is -2.23. The number of nitrogens with zero attached hydrogens (tertiary/aromatic N) is 1. The fraction of sp³-hybridized carbons (Fsp3) is 0.600. The summed E-state index contributed by atoms with van der Waals surface area (Å²) in [6.07, 6.45) is 3.95. The number of ether oxygens (including phenoxy) is 1. The molecule has 1 aromatic rings. The second-order valence-electron chi connectivity index (χ2n) is 3.26. The van der Waals surface area contributed by atoms with Gasteiger partial charge in [-0.25, -0.2) is 0 Å². The van der Waals surface area contributed by atoms with Gasteiger partial charge in [-0.05, 0) is 18.6 Å². The number of methoxy groups -OCH3 is 1. The smallest absolute Gasteiger partial charge is 0.122 e. The summed E-state index contributed by atoms with van der Waals surface area (Å²) >= 11 is 0. The molecule has 0 saturated heterocycles. The normalized spacial score (nSPS) is 13.2. The van der Waals surface area contributed by atoms with E-state index in [1.165, 1.54) is 5.69 Å². The predicted octanol–water partition coefficient (Wildman–Crippen LogP) is 1.37. The SMILES string of the molecule is CCC(N)Cc1cccn1COC. The van der Waals surface area contributed by atoms with Crippen LogP contribution in [0.15, 0.2) is 18.3 Å². The van der Waals surface area contributed by atoms with Crippen LogP contribution in [0.3, 0.4) is 0 Å². The van der Waals surface area contributed by atoms with Crippen molar-refractivity contribution in [3.8, 4) is 0 Å². The van der Waals surface area contributed by atoms with Crippen molar-refractivity contribution in [1.29, 1.82) is 0 Å². The largest absolute Gasteiger partial charge is 0.364 e. The summed E-state index contributed by atoms with van der Waals surface area (Å²) in [6, 6.07) is 4.37. The van der Waals surface area contributed by atoms with Gasteiger partial charge in [0.1, 0.15) is 6.73 Å². The Bertz CT molecular complexity index is 245. The Morgan fingerprint density at radius 1 is 1.62 bits per heavy atom. The highest BCUT2D eigenvalue weighted by atomic mass is 16.5. The molecule has 74 valence electrons. The molecule has 3 nitrogen and oxygen atoms in total. The van der Waals surface area contributed by atoms with E-state index >= 15 is 0 Å². The predicted molar refractivity (Wildman–Crippen MR) is 53.4 cm³/mol. The highest BCUT2D eigenvalue weighted by molar-refractivity contribution is 5.08. The number of rotatable bonds is 5. The first kappa shape index (κ1) is 10.3. The number of hydrogen-bond acceptors (Lipinski definition) is 2. The quantitative estimate of drug-likeness (QED) is 0.747. The minimum Gasteiger partial charge on any atom is -0.364 e. The maximum atomic E-state index is 5.88. The molecule has 0 aliphatic heterocycles. The van der Waals surface area contributed by atoms with E-state index in [1.807, 2.05) is 12.3 Å². The molecule has 0 saturated carbocycles. The van der Waals surface area contributed by atoms with Crippen molar-refractivity contribution >= 4 is 0 Å². The maximum Gasteiger partial charge on any atom is 0.122 e. The Morgan fingerprint density at radius 2 is 2.38 bits per heavy atom. The Kier molecular flexibility index (Phi) is 3.99. The molecule has 1 unspecified atom stereocenters. The van der Waals surface area contributed by atoms with Crippen LogP contribution in [0.2, 0.25) is 0 Å². The molecule has 1 heterocycles. The van der Waals surface area contributed by atoms with Crippen LogP contribution in [0.25, 0.3) is 0 Å². The first-order valence-corrected chi connectivity index (χ1v) is 4.66. The second-order valence-corrected chi connectivity index (χ2v) is 3.26. The Morgan fingerprint density at radius 3 is 3.00 bits per heavy atom. The van der Waals surface area contributed by atoms with Gasteiger partial charge in [0.05, 0.1) is 0 Å². The molecule has 2 N–H and O–H groups in total. The van der Waals surface area contributed by atoms with Crippen molar-refractivity contribution in [3.63, 3.8) is 0 Å². The number of hydrogen-bond donors (Lipinski definition) is 1. The molecular weight excluding hydrogens is 164 g/mol. The van der Waals surface area contributed by atoms with Crippen LogP contribution in [0, 0.1) is 0 Å². The minimum atomic E-state index is 0.255. The molecule has 13 heavy (non-hydrogen) atoms. The Hall–Kier alpha value is -0.800. The molecule has 0 fully saturated rings. The molecule has 1 aromatic heterocycles. The summed E-state index contributed by atoms with van der Waals surface area (Å²) in [6.45, 7) is 2.72.